The van der Waals surface area contributed by atoms with Crippen molar-refractivity contribution in [1.82, 2.24) is 20.0 Å². The number of carbonyl (C=O) groups excluding carboxylic acids is 3. The van der Waals surface area contributed by atoms with Crippen molar-refractivity contribution < 1.29 is 14.4 Å². The summed E-state index contributed by atoms with van der Waals surface area (Å²) in [5.74, 6) is 0.123. The molecule has 0 atom stereocenters. The highest BCUT2D eigenvalue weighted by Crippen LogP contribution is 2.11. The van der Waals surface area contributed by atoms with Crippen molar-refractivity contribution >= 4 is 17.7 Å². The molecule has 1 aromatic carbocycles. The number of carbonyl (C=O) groups is 3. The van der Waals surface area contributed by atoms with Crippen LogP contribution in [0, 0.1) is 6.92 Å². The van der Waals surface area contributed by atoms with Gasteiger partial charge in [0.1, 0.15) is 0 Å². The second-order valence-corrected chi connectivity index (χ2v) is 7.92. The predicted molar refractivity (Wildman–Crippen MR) is 112 cm³/mol. The Morgan fingerprint density at radius 3 is 2.21 bits per heavy atom. The zero-order valence-electron chi connectivity index (χ0n) is 17.4. The van der Waals surface area contributed by atoms with Crippen LogP contribution < -0.4 is 5.32 Å². The number of nitrogens with one attached hydrogen (secondary N) is 1. The fourth-order valence-corrected chi connectivity index (χ4v) is 3.95. The molecule has 0 spiro atoms. The molecule has 0 aromatic heterocycles. The van der Waals surface area contributed by atoms with Crippen LogP contribution in [0.5, 0.6) is 0 Å². The molecular formula is C22H32N4O3. The molecule has 0 saturated carbocycles. The van der Waals surface area contributed by atoms with Crippen molar-refractivity contribution in [2.75, 3.05) is 52.4 Å². The van der Waals surface area contributed by atoms with E-state index in [0.29, 0.717) is 38.2 Å². The number of nitrogens with zero attached hydrogens (tertiary/aromatic N) is 3. The minimum absolute atomic E-state index is 0.0529. The maximum absolute atomic E-state index is 12.4. The summed E-state index contributed by atoms with van der Waals surface area (Å²) in [6.07, 6.45) is 3.73. The molecule has 2 aliphatic rings. The van der Waals surface area contributed by atoms with E-state index in [0.717, 1.165) is 44.6 Å². The molecule has 0 aliphatic carbocycles. The Kier molecular flexibility index (Phi) is 7.63. The van der Waals surface area contributed by atoms with Crippen molar-refractivity contribution in [1.29, 1.82) is 0 Å². The van der Waals surface area contributed by atoms with Gasteiger partial charge in [0.05, 0.1) is 6.54 Å². The monoisotopic (exact) mass is 400 g/mol. The van der Waals surface area contributed by atoms with E-state index in [2.05, 4.69) is 10.2 Å². The quantitative estimate of drug-likeness (QED) is 0.781. The number of hydrogen-bond donors (Lipinski definition) is 1. The number of likely N-dealkylation sites (tertiary alicyclic amines) is 1. The highest BCUT2D eigenvalue weighted by atomic mass is 16.2. The average molecular weight is 401 g/mol. The van der Waals surface area contributed by atoms with Crippen LogP contribution in [0.15, 0.2) is 24.3 Å². The van der Waals surface area contributed by atoms with E-state index in [4.69, 9.17) is 0 Å². The summed E-state index contributed by atoms with van der Waals surface area (Å²) in [5, 5.41) is 2.83. The number of hydrogen-bond acceptors (Lipinski definition) is 4. The van der Waals surface area contributed by atoms with Gasteiger partial charge in [-0.05, 0) is 37.8 Å². The largest absolute Gasteiger partial charge is 0.352 e. The molecule has 2 saturated heterocycles. The molecule has 3 amide bonds. The Hall–Kier alpha value is -2.41. The lowest BCUT2D eigenvalue weighted by Gasteiger charge is -2.36. The molecule has 0 unspecified atom stereocenters. The third-order valence-electron chi connectivity index (χ3n) is 5.81. The van der Waals surface area contributed by atoms with Crippen LogP contribution in [-0.2, 0) is 9.59 Å². The molecule has 158 valence electrons. The van der Waals surface area contributed by atoms with Crippen molar-refractivity contribution in [2.45, 2.75) is 32.6 Å². The number of rotatable bonds is 6. The third-order valence-corrected chi connectivity index (χ3v) is 5.81. The lowest BCUT2D eigenvalue weighted by Crippen LogP contribution is -2.52. The number of piperidine rings is 1. The van der Waals surface area contributed by atoms with Gasteiger partial charge in [-0.1, -0.05) is 18.2 Å². The van der Waals surface area contributed by atoms with Gasteiger partial charge in [0.15, 0.2) is 0 Å². The summed E-state index contributed by atoms with van der Waals surface area (Å²) >= 11 is 0. The van der Waals surface area contributed by atoms with Crippen LogP contribution in [0.1, 0.15) is 41.6 Å². The smallest absolute Gasteiger partial charge is 0.251 e. The summed E-state index contributed by atoms with van der Waals surface area (Å²) in [6.45, 7) is 7.16. The van der Waals surface area contributed by atoms with Crippen LogP contribution in [-0.4, -0.2) is 84.8 Å². The van der Waals surface area contributed by atoms with Gasteiger partial charge in [-0.2, -0.15) is 0 Å². The molecule has 29 heavy (non-hydrogen) atoms. The summed E-state index contributed by atoms with van der Waals surface area (Å²) in [6, 6.07) is 7.42. The van der Waals surface area contributed by atoms with Crippen LogP contribution in [0.2, 0.25) is 0 Å². The van der Waals surface area contributed by atoms with Gasteiger partial charge in [-0.3, -0.25) is 19.3 Å². The molecule has 0 bridgehead atoms. The number of amides is 3. The zero-order valence-corrected chi connectivity index (χ0v) is 17.4. The van der Waals surface area contributed by atoms with E-state index >= 15 is 0 Å². The highest BCUT2D eigenvalue weighted by molar-refractivity contribution is 5.95. The average Bonchev–Trinajstić information content (AvgIpc) is 2.75. The van der Waals surface area contributed by atoms with Gasteiger partial charge in [0.25, 0.3) is 5.91 Å². The maximum atomic E-state index is 12.4. The number of benzene rings is 1. The Balaban J connectivity index is 1.35. The first-order chi connectivity index (χ1) is 14.0. The number of piperazine rings is 1. The van der Waals surface area contributed by atoms with Gasteiger partial charge >= 0.3 is 0 Å². The van der Waals surface area contributed by atoms with Crippen LogP contribution in [0.3, 0.4) is 0 Å². The molecule has 3 rings (SSSR count). The first-order valence-electron chi connectivity index (χ1n) is 10.7. The molecule has 0 radical (unpaired) electrons. The van der Waals surface area contributed by atoms with Crippen molar-refractivity contribution in [2.24, 2.45) is 0 Å². The highest BCUT2D eigenvalue weighted by Gasteiger charge is 2.24. The van der Waals surface area contributed by atoms with Crippen LogP contribution in [0.25, 0.3) is 0 Å². The van der Waals surface area contributed by atoms with Gasteiger partial charge in [0.2, 0.25) is 11.8 Å². The standard InChI is InChI=1S/C22H32N4O3/c1-18-7-3-4-8-19(18)22(29)23-10-9-20(27)26-15-13-24(14-16-26)17-21(28)25-11-5-2-6-12-25/h3-4,7-8H,2,5-6,9-17H2,1H3,(H,23,29). The molecule has 1 aromatic rings. The minimum Gasteiger partial charge on any atom is -0.352 e. The van der Waals surface area contributed by atoms with Crippen molar-refractivity contribution in [3.63, 3.8) is 0 Å². The van der Waals surface area contributed by atoms with Gasteiger partial charge in [-0.25, -0.2) is 0 Å². The maximum Gasteiger partial charge on any atom is 0.251 e. The Morgan fingerprint density at radius 1 is 0.862 bits per heavy atom. The Labute approximate surface area is 173 Å². The fraction of sp³-hybridized carbons (Fsp3) is 0.591. The van der Waals surface area contributed by atoms with E-state index < -0.39 is 0 Å². The van der Waals surface area contributed by atoms with E-state index in [9.17, 15) is 14.4 Å². The molecule has 7 heteroatoms. The third kappa shape index (κ3) is 6.03. The fourth-order valence-electron chi connectivity index (χ4n) is 3.95. The first kappa shape index (κ1) is 21.3. The normalized spacial score (nSPS) is 17.8. The van der Waals surface area contributed by atoms with Gasteiger partial charge in [-0.15, -0.1) is 0 Å². The Morgan fingerprint density at radius 2 is 1.52 bits per heavy atom. The number of aryl methyl sites for hydroxylation is 1. The molecular weight excluding hydrogens is 368 g/mol. The van der Waals surface area contributed by atoms with Crippen molar-refractivity contribution in [3.05, 3.63) is 35.4 Å². The lowest BCUT2D eigenvalue weighted by molar-refractivity contribution is -0.135. The van der Waals surface area contributed by atoms with Crippen molar-refractivity contribution in [3.8, 4) is 0 Å². The molecule has 2 fully saturated rings. The molecule has 2 aliphatic heterocycles. The summed E-state index contributed by atoms with van der Waals surface area (Å²) < 4.78 is 0. The van der Waals surface area contributed by atoms with Crippen LogP contribution >= 0.6 is 0 Å². The van der Waals surface area contributed by atoms with E-state index in [-0.39, 0.29) is 17.7 Å². The van der Waals surface area contributed by atoms with Gasteiger partial charge < -0.3 is 15.1 Å². The van der Waals surface area contributed by atoms with E-state index in [1.807, 2.05) is 34.9 Å². The predicted octanol–water partition coefficient (Wildman–Crippen LogP) is 1.27. The Bertz CT molecular complexity index is 723. The SMILES string of the molecule is Cc1ccccc1C(=O)NCCC(=O)N1CCN(CC(=O)N2CCCCC2)CC1. The zero-order chi connectivity index (χ0) is 20.6. The molecule has 7 nitrogen and oxygen atoms in total. The first-order valence-corrected chi connectivity index (χ1v) is 10.7. The van der Waals surface area contributed by atoms with Gasteiger partial charge in [0, 0.05) is 57.8 Å². The second-order valence-electron chi connectivity index (χ2n) is 7.92. The van der Waals surface area contributed by atoms with E-state index in [1.54, 1.807) is 6.07 Å². The summed E-state index contributed by atoms with van der Waals surface area (Å²) in [7, 11) is 0. The molecule has 2 heterocycles. The lowest BCUT2D eigenvalue weighted by atomic mass is 10.1. The van der Waals surface area contributed by atoms with Crippen LogP contribution in [0.4, 0.5) is 0 Å². The minimum atomic E-state index is -0.142. The topological polar surface area (TPSA) is 73.0 Å². The molecule has 1 N–H and O–H groups in total. The summed E-state index contributed by atoms with van der Waals surface area (Å²) in [4.78, 5) is 43.0. The van der Waals surface area contributed by atoms with E-state index in [1.165, 1.54) is 6.42 Å². The summed E-state index contributed by atoms with van der Waals surface area (Å²) in [5.41, 5.74) is 1.57. The second kappa shape index (κ2) is 10.4.